The molecule has 0 aromatic heterocycles. The third-order valence-corrected chi connectivity index (χ3v) is 4.42. The van der Waals surface area contributed by atoms with Gasteiger partial charge >= 0.3 is 0 Å². The second-order valence-corrected chi connectivity index (χ2v) is 6.80. The van der Waals surface area contributed by atoms with Crippen LogP contribution < -0.4 is 10.6 Å². The van der Waals surface area contributed by atoms with Gasteiger partial charge < -0.3 is 15.5 Å². The molecular weight excluding hydrogens is 302 g/mol. The molecule has 5 nitrogen and oxygen atoms in total. The number of carbonyl (C=O) groups is 2. The van der Waals surface area contributed by atoms with Crippen LogP contribution in [0.2, 0.25) is 0 Å². The van der Waals surface area contributed by atoms with E-state index in [9.17, 15) is 9.59 Å². The predicted molar refractivity (Wildman–Crippen MR) is 96.3 cm³/mol. The molecular formula is C19H29N3O2. The van der Waals surface area contributed by atoms with Crippen molar-refractivity contribution in [1.82, 2.24) is 15.5 Å². The maximum atomic E-state index is 12.5. The van der Waals surface area contributed by atoms with Crippen LogP contribution in [0.1, 0.15) is 59.2 Å². The summed E-state index contributed by atoms with van der Waals surface area (Å²) in [5.41, 5.74) is 1.08. The molecule has 0 bridgehead atoms. The van der Waals surface area contributed by atoms with Crippen LogP contribution in [-0.2, 0) is 0 Å². The van der Waals surface area contributed by atoms with Crippen LogP contribution in [0.25, 0.3) is 0 Å². The van der Waals surface area contributed by atoms with E-state index in [0.29, 0.717) is 17.7 Å². The van der Waals surface area contributed by atoms with Crippen LogP contribution in [0.3, 0.4) is 0 Å². The van der Waals surface area contributed by atoms with Crippen LogP contribution >= 0.6 is 0 Å². The number of nitrogens with zero attached hydrogens (tertiary/aromatic N) is 1. The summed E-state index contributed by atoms with van der Waals surface area (Å²) < 4.78 is 0. The van der Waals surface area contributed by atoms with Crippen molar-refractivity contribution in [3.05, 3.63) is 35.4 Å². The Morgan fingerprint density at radius 3 is 2.29 bits per heavy atom. The molecule has 0 atom stereocenters. The zero-order chi connectivity index (χ0) is 17.4. The fourth-order valence-corrected chi connectivity index (χ4v) is 2.99. The van der Waals surface area contributed by atoms with E-state index in [1.165, 1.54) is 25.7 Å². The molecule has 1 aromatic carbocycles. The number of hydrogen-bond acceptors (Lipinski definition) is 3. The van der Waals surface area contributed by atoms with Crippen LogP contribution in [0.4, 0.5) is 0 Å². The Balaban J connectivity index is 1.93. The van der Waals surface area contributed by atoms with E-state index in [0.717, 1.165) is 19.4 Å². The molecule has 0 saturated heterocycles. The lowest BCUT2D eigenvalue weighted by Gasteiger charge is -2.16. The van der Waals surface area contributed by atoms with Crippen LogP contribution in [0.5, 0.6) is 0 Å². The molecule has 2 N–H and O–H groups in total. The van der Waals surface area contributed by atoms with Gasteiger partial charge in [-0.1, -0.05) is 31.7 Å². The number of likely N-dealkylation sites (N-methyl/N-ethyl adjacent to an activating group) is 1. The first kappa shape index (κ1) is 18.5. The summed E-state index contributed by atoms with van der Waals surface area (Å²) in [4.78, 5) is 26.6. The minimum atomic E-state index is -0.138. The highest BCUT2D eigenvalue weighted by atomic mass is 16.2. The first-order valence-corrected chi connectivity index (χ1v) is 8.90. The van der Waals surface area contributed by atoms with E-state index in [-0.39, 0.29) is 17.9 Å². The van der Waals surface area contributed by atoms with Gasteiger partial charge in [0.15, 0.2) is 0 Å². The summed E-state index contributed by atoms with van der Waals surface area (Å²) in [6.45, 7) is 1.37. The summed E-state index contributed by atoms with van der Waals surface area (Å²) in [7, 11) is 3.93. The Kier molecular flexibility index (Phi) is 7.25. The highest BCUT2D eigenvalue weighted by molar-refractivity contribution is 5.99. The SMILES string of the molecule is CN(C)CCNC(=O)c1cccc(C(=O)NC2CCCCCC2)c1. The van der Waals surface area contributed by atoms with Gasteiger partial charge in [0.1, 0.15) is 0 Å². The van der Waals surface area contributed by atoms with E-state index in [2.05, 4.69) is 10.6 Å². The molecule has 1 aromatic rings. The molecule has 1 aliphatic carbocycles. The number of amides is 2. The van der Waals surface area contributed by atoms with E-state index in [4.69, 9.17) is 0 Å². The van der Waals surface area contributed by atoms with Crippen LogP contribution in [0, 0.1) is 0 Å². The van der Waals surface area contributed by atoms with Crippen molar-refractivity contribution < 1.29 is 9.59 Å². The standard InChI is InChI=1S/C19H29N3O2/c1-22(2)13-12-20-18(23)15-8-7-9-16(14-15)19(24)21-17-10-5-3-4-6-11-17/h7-9,14,17H,3-6,10-13H2,1-2H3,(H,20,23)(H,21,24). The highest BCUT2D eigenvalue weighted by Crippen LogP contribution is 2.17. The quantitative estimate of drug-likeness (QED) is 0.787. The van der Waals surface area contributed by atoms with Gasteiger partial charge in [-0.25, -0.2) is 0 Å². The van der Waals surface area contributed by atoms with Gasteiger partial charge in [-0.2, -0.15) is 0 Å². The number of rotatable bonds is 6. The molecule has 2 amide bonds. The molecule has 5 heteroatoms. The van der Waals surface area contributed by atoms with Gasteiger partial charge in [-0.05, 0) is 45.1 Å². The zero-order valence-electron chi connectivity index (χ0n) is 14.8. The third kappa shape index (κ3) is 5.96. The number of carbonyl (C=O) groups excluding carboxylic acids is 2. The number of hydrogen-bond donors (Lipinski definition) is 2. The molecule has 0 radical (unpaired) electrons. The second-order valence-electron chi connectivity index (χ2n) is 6.80. The lowest BCUT2D eigenvalue weighted by atomic mass is 10.1. The van der Waals surface area contributed by atoms with Crippen molar-refractivity contribution in [1.29, 1.82) is 0 Å². The molecule has 1 fully saturated rings. The van der Waals surface area contributed by atoms with Gasteiger partial charge in [0.2, 0.25) is 0 Å². The smallest absolute Gasteiger partial charge is 0.251 e. The first-order valence-electron chi connectivity index (χ1n) is 8.90. The number of benzene rings is 1. The highest BCUT2D eigenvalue weighted by Gasteiger charge is 2.16. The molecule has 0 spiro atoms. The number of nitrogens with one attached hydrogen (secondary N) is 2. The summed E-state index contributed by atoms with van der Waals surface area (Å²) in [6.07, 6.45) is 6.98. The Morgan fingerprint density at radius 1 is 1.04 bits per heavy atom. The van der Waals surface area contributed by atoms with Crippen LogP contribution in [-0.4, -0.2) is 49.9 Å². The Labute approximate surface area is 144 Å². The van der Waals surface area contributed by atoms with Crippen LogP contribution in [0.15, 0.2) is 24.3 Å². The monoisotopic (exact) mass is 331 g/mol. The van der Waals surface area contributed by atoms with Crippen molar-refractivity contribution in [2.75, 3.05) is 27.2 Å². The van der Waals surface area contributed by atoms with Crippen molar-refractivity contribution in [2.45, 2.75) is 44.6 Å². The molecule has 2 rings (SSSR count). The van der Waals surface area contributed by atoms with Crippen molar-refractivity contribution >= 4 is 11.8 Å². The Morgan fingerprint density at radius 2 is 1.67 bits per heavy atom. The molecule has 0 unspecified atom stereocenters. The summed E-state index contributed by atoms with van der Waals surface area (Å²) in [6, 6.07) is 7.22. The maximum absolute atomic E-state index is 12.5. The Bertz CT molecular complexity index is 549. The van der Waals surface area contributed by atoms with E-state index >= 15 is 0 Å². The summed E-state index contributed by atoms with van der Waals surface area (Å²) >= 11 is 0. The lowest BCUT2D eigenvalue weighted by Crippen LogP contribution is -2.34. The summed E-state index contributed by atoms with van der Waals surface area (Å²) in [5.74, 6) is -0.217. The Hall–Kier alpha value is -1.88. The average molecular weight is 331 g/mol. The third-order valence-electron chi connectivity index (χ3n) is 4.42. The van der Waals surface area contributed by atoms with Crippen molar-refractivity contribution in [2.24, 2.45) is 0 Å². The lowest BCUT2D eigenvalue weighted by molar-refractivity contribution is 0.0933. The molecule has 24 heavy (non-hydrogen) atoms. The average Bonchev–Trinajstić information content (AvgIpc) is 2.83. The molecule has 1 saturated carbocycles. The first-order chi connectivity index (χ1) is 11.6. The summed E-state index contributed by atoms with van der Waals surface area (Å²) in [5, 5.41) is 6.00. The van der Waals surface area contributed by atoms with Crippen molar-refractivity contribution in [3.63, 3.8) is 0 Å². The van der Waals surface area contributed by atoms with E-state index < -0.39 is 0 Å². The molecule has 0 aliphatic heterocycles. The second kappa shape index (κ2) is 9.42. The minimum Gasteiger partial charge on any atom is -0.351 e. The van der Waals surface area contributed by atoms with Gasteiger partial charge in [0.05, 0.1) is 0 Å². The topological polar surface area (TPSA) is 61.4 Å². The largest absolute Gasteiger partial charge is 0.351 e. The van der Waals surface area contributed by atoms with E-state index in [1.54, 1.807) is 24.3 Å². The zero-order valence-corrected chi connectivity index (χ0v) is 14.8. The molecule has 132 valence electrons. The van der Waals surface area contributed by atoms with Gasteiger partial charge in [-0.3, -0.25) is 9.59 Å². The molecule has 1 aliphatic rings. The fraction of sp³-hybridized carbons (Fsp3) is 0.579. The molecule has 0 heterocycles. The fourth-order valence-electron chi connectivity index (χ4n) is 2.99. The van der Waals surface area contributed by atoms with Crippen molar-refractivity contribution in [3.8, 4) is 0 Å². The van der Waals surface area contributed by atoms with E-state index in [1.807, 2.05) is 19.0 Å². The predicted octanol–water partition coefficient (Wildman–Crippen LogP) is 2.43. The minimum absolute atomic E-state index is 0.0789. The van der Waals surface area contributed by atoms with Gasteiger partial charge in [-0.15, -0.1) is 0 Å². The van der Waals surface area contributed by atoms with Gasteiger partial charge in [0.25, 0.3) is 11.8 Å². The normalized spacial score (nSPS) is 15.8. The maximum Gasteiger partial charge on any atom is 0.251 e. The van der Waals surface area contributed by atoms with Gasteiger partial charge in [0, 0.05) is 30.3 Å².